The van der Waals surface area contributed by atoms with Crippen LogP contribution < -0.4 is 9.92 Å². The van der Waals surface area contributed by atoms with Gasteiger partial charge in [0.1, 0.15) is 17.0 Å². The van der Waals surface area contributed by atoms with Gasteiger partial charge in [0.15, 0.2) is 0 Å². The van der Waals surface area contributed by atoms with Crippen molar-refractivity contribution in [2.75, 3.05) is 6.61 Å². The largest absolute Gasteiger partial charge is 0.534 e. The lowest BCUT2D eigenvalue weighted by Gasteiger charge is -2.39. The fraction of sp³-hybridized carbons (Fsp3) is 0.450. The highest BCUT2D eigenvalue weighted by molar-refractivity contribution is 7.87. The number of esters is 1. The Morgan fingerprint density at radius 1 is 1.41 bits per heavy atom. The number of alkyl halides is 3. The third-order valence-electron chi connectivity index (χ3n) is 5.38. The van der Waals surface area contributed by atoms with E-state index in [9.17, 15) is 31.6 Å². The second-order valence-corrected chi connectivity index (χ2v) is 8.94. The Labute approximate surface area is 182 Å². The number of ether oxygens (including phenoxy) is 1. The van der Waals surface area contributed by atoms with Gasteiger partial charge >= 0.3 is 21.6 Å². The molecule has 12 heteroatoms. The molecule has 1 aromatic heterocycles. The molecule has 1 heterocycles. The normalized spacial score (nSPS) is 20.0. The van der Waals surface area contributed by atoms with Crippen LogP contribution in [0.2, 0.25) is 0 Å². The highest BCUT2D eigenvalue weighted by atomic mass is 32.2. The van der Waals surface area contributed by atoms with Crippen molar-refractivity contribution in [3.8, 4) is 11.9 Å². The number of carbonyl (C=O) groups excluding carboxylic acids is 1. The SMILES string of the molecule is CCOC(=O)C1(c2cc(C3=CCC(N)C=C3)c(C#N)c(OS(=O)(=O)C(F)(F)F)n2)CCC1. The number of rotatable bonds is 6. The molecule has 1 fully saturated rings. The Morgan fingerprint density at radius 2 is 2.09 bits per heavy atom. The van der Waals surface area contributed by atoms with Gasteiger partial charge in [-0.15, -0.1) is 0 Å². The molecule has 172 valence electrons. The number of pyridine rings is 1. The third-order valence-corrected chi connectivity index (χ3v) is 6.32. The second-order valence-electron chi connectivity index (χ2n) is 7.40. The summed E-state index contributed by atoms with van der Waals surface area (Å²) in [5.41, 5.74) is -1.22. The van der Waals surface area contributed by atoms with Crippen molar-refractivity contribution in [3.63, 3.8) is 0 Å². The molecule has 32 heavy (non-hydrogen) atoms. The zero-order chi connectivity index (χ0) is 23.7. The molecule has 1 atom stereocenters. The van der Waals surface area contributed by atoms with E-state index in [1.54, 1.807) is 31.2 Å². The topological polar surface area (TPSA) is 132 Å². The highest BCUT2D eigenvalue weighted by Crippen LogP contribution is 2.46. The van der Waals surface area contributed by atoms with Crippen LogP contribution in [0.25, 0.3) is 5.57 Å². The third kappa shape index (κ3) is 4.22. The first kappa shape index (κ1) is 23.7. The molecule has 0 aromatic carbocycles. The van der Waals surface area contributed by atoms with Crippen LogP contribution in [0.1, 0.15) is 49.4 Å². The van der Waals surface area contributed by atoms with Gasteiger partial charge in [0.25, 0.3) is 5.88 Å². The molecule has 1 saturated carbocycles. The summed E-state index contributed by atoms with van der Waals surface area (Å²) in [5, 5.41) is 9.63. The van der Waals surface area contributed by atoms with Gasteiger partial charge in [-0.1, -0.05) is 24.6 Å². The molecule has 1 unspecified atom stereocenters. The highest BCUT2D eigenvalue weighted by Gasteiger charge is 2.51. The summed E-state index contributed by atoms with van der Waals surface area (Å²) in [7, 11) is -6.11. The molecule has 0 saturated heterocycles. The van der Waals surface area contributed by atoms with E-state index in [0.717, 1.165) is 0 Å². The molecular formula is C20H20F3N3O5S. The van der Waals surface area contributed by atoms with Gasteiger partial charge in [-0.2, -0.15) is 26.9 Å². The van der Waals surface area contributed by atoms with Gasteiger partial charge in [0.05, 0.1) is 12.3 Å². The van der Waals surface area contributed by atoms with E-state index >= 15 is 0 Å². The standard InChI is InChI=1S/C20H20F3N3O5S/c1-2-30-18(27)19(8-3-9-19)16-10-14(12-4-6-13(25)7-5-12)15(11-24)17(26-16)31-32(28,29)20(21,22)23/h4-6,10,13H,2-3,7-9,25H2,1H3. The predicted molar refractivity (Wildman–Crippen MR) is 106 cm³/mol. The first-order valence-electron chi connectivity index (χ1n) is 9.73. The summed E-state index contributed by atoms with van der Waals surface area (Å²) >= 11 is 0. The number of nitrogens with zero attached hydrogens (tertiary/aromatic N) is 2. The van der Waals surface area contributed by atoms with Crippen molar-refractivity contribution in [2.24, 2.45) is 5.73 Å². The Balaban J connectivity index is 2.23. The number of halogens is 3. The van der Waals surface area contributed by atoms with E-state index in [1.807, 2.05) is 0 Å². The summed E-state index contributed by atoms with van der Waals surface area (Å²) in [6.07, 6.45) is 6.47. The number of carbonyl (C=O) groups is 1. The lowest BCUT2D eigenvalue weighted by atomic mass is 9.66. The van der Waals surface area contributed by atoms with Crippen molar-refractivity contribution in [1.29, 1.82) is 5.26 Å². The van der Waals surface area contributed by atoms with E-state index in [2.05, 4.69) is 9.17 Å². The minimum absolute atomic E-state index is 0.0206. The van der Waals surface area contributed by atoms with Crippen LogP contribution in [0.15, 0.2) is 24.3 Å². The lowest BCUT2D eigenvalue weighted by molar-refractivity contribution is -0.154. The number of aromatic nitrogens is 1. The molecule has 0 aliphatic heterocycles. The van der Waals surface area contributed by atoms with Gasteiger partial charge in [-0.25, -0.2) is 4.98 Å². The fourth-order valence-corrected chi connectivity index (χ4v) is 3.94. The van der Waals surface area contributed by atoms with Crippen LogP contribution in [0.4, 0.5) is 13.2 Å². The number of hydrogen-bond acceptors (Lipinski definition) is 8. The molecule has 0 spiro atoms. The second kappa shape index (κ2) is 8.55. The number of hydrogen-bond donors (Lipinski definition) is 1. The van der Waals surface area contributed by atoms with Gasteiger partial charge in [0.2, 0.25) is 0 Å². The van der Waals surface area contributed by atoms with Crippen molar-refractivity contribution in [2.45, 2.75) is 49.6 Å². The molecule has 0 bridgehead atoms. The van der Waals surface area contributed by atoms with Gasteiger partial charge in [0, 0.05) is 11.6 Å². The molecular weight excluding hydrogens is 451 g/mol. The molecule has 2 N–H and O–H groups in total. The Hall–Kier alpha value is -2.91. The van der Waals surface area contributed by atoms with Crippen LogP contribution in [-0.4, -0.2) is 37.5 Å². The molecule has 2 aliphatic rings. The van der Waals surface area contributed by atoms with Crippen LogP contribution in [0.3, 0.4) is 0 Å². The minimum atomic E-state index is -6.11. The van der Waals surface area contributed by atoms with E-state index < -0.39 is 38.5 Å². The molecule has 0 radical (unpaired) electrons. The Bertz CT molecular complexity index is 1130. The summed E-state index contributed by atoms with van der Waals surface area (Å²) in [6, 6.07) is 2.78. The molecule has 0 amide bonds. The lowest BCUT2D eigenvalue weighted by Crippen LogP contribution is -2.44. The van der Waals surface area contributed by atoms with E-state index in [0.29, 0.717) is 31.3 Å². The van der Waals surface area contributed by atoms with Crippen molar-refractivity contribution in [3.05, 3.63) is 41.1 Å². The van der Waals surface area contributed by atoms with Crippen LogP contribution in [0, 0.1) is 11.3 Å². The maximum Gasteiger partial charge on any atom is 0.534 e. The van der Waals surface area contributed by atoms with Crippen LogP contribution in [-0.2, 0) is 25.1 Å². The Morgan fingerprint density at radius 3 is 2.56 bits per heavy atom. The summed E-state index contributed by atoms with van der Waals surface area (Å²) < 4.78 is 71.6. The molecule has 3 rings (SSSR count). The van der Waals surface area contributed by atoms with Crippen LogP contribution >= 0.6 is 0 Å². The number of allylic oxidation sites excluding steroid dienone is 2. The zero-order valence-electron chi connectivity index (χ0n) is 17.0. The summed E-state index contributed by atoms with van der Waals surface area (Å²) in [5.74, 6) is -1.67. The first-order chi connectivity index (χ1) is 14.9. The van der Waals surface area contributed by atoms with E-state index in [-0.39, 0.29) is 23.9 Å². The van der Waals surface area contributed by atoms with Crippen molar-refractivity contribution in [1.82, 2.24) is 4.98 Å². The maximum atomic E-state index is 13.0. The number of nitriles is 1. The van der Waals surface area contributed by atoms with Gasteiger partial charge in [-0.05, 0) is 37.8 Å². The van der Waals surface area contributed by atoms with E-state index in [4.69, 9.17) is 10.5 Å². The van der Waals surface area contributed by atoms with E-state index in [1.165, 1.54) is 6.07 Å². The quantitative estimate of drug-likeness (QED) is 0.381. The van der Waals surface area contributed by atoms with Gasteiger partial charge < -0.3 is 14.7 Å². The van der Waals surface area contributed by atoms with Gasteiger partial charge in [-0.3, -0.25) is 4.79 Å². The first-order valence-corrected chi connectivity index (χ1v) is 11.1. The number of nitrogens with two attached hydrogens (primary N) is 1. The molecule has 1 aromatic rings. The summed E-state index contributed by atoms with van der Waals surface area (Å²) in [6.45, 7) is 1.68. The monoisotopic (exact) mass is 471 g/mol. The van der Waals surface area contributed by atoms with Crippen LogP contribution in [0.5, 0.6) is 5.88 Å². The van der Waals surface area contributed by atoms with Crippen molar-refractivity contribution >= 4 is 21.7 Å². The average molecular weight is 471 g/mol. The zero-order valence-corrected chi connectivity index (χ0v) is 17.8. The summed E-state index contributed by atoms with van der Waals surface area (Å²) in [4.78, 5) is 16.6. The van der Waals surface area contributed by atoms with Crippen molar-refractivity contribution < 1.29 is 35.3 Å². The predicted octanol–water partition coefficient (Wildman–Crippen LogP) is 2.84. The average Bonchev–Trinajstić information content (AvgIpc) is 2.66. The Kier molecular flexibility index (Phi) is 6.35. The minimum Gasteiger partial charge on any atom is -0.465 e. The molecule has 8 nitrogen and oxygen atoms in total. The molecule has 2 aliphatic carbocycles. The fourth-order valence-electron chi connectivity index (χ4n) is 3.52. The maximum absolute atomic E-state index is 13.0. The smallest absolute Gasteiger partial charge is 0.465 e.